The van der Waals surface area contributed by atoms with Gasteiger partial charge in [-0.05, 0) is 20.3 Å². The van der Waals surface area contributed by atoms with Crippen LogP contribution in [0.2, 0.25) is 39.3 Å². The van der Waals surface area contributed by atoms with Gasteiger partial charge in [-0.15, -0.1) is 33.7 Å². The number of fused-ring (bicyclic) bond motifs is 3. The van der Waals surface area contributed by atoms with Gasteiger partial charge in [0.25, 0.3) is 0 Å². The fraction of sp³-hybridized carbons (Fsp3) is 0.231. The van der Waals surface area contributed by atoms with E-state index in [4.69, 9.17) is 0 Å². The monoisotopic (exact) mass is 727 g/mol. The molecule has 0 saturated heterocycles. The van der Waals surface area contributed by atoms with E-state index in [-0.39, 0.29) is 24.8 Å². The molecule has 0 bridgehead atoms. The molecule has 1 aliphatic rings. The van der Waals surface area contributed by atoms with Gasteiger partial charge in [-0.3, -0.25) is 0 Å². The van der Waals surface area contributed by atoms with Crippen LogP contribution in [-0.2, 0) is 24.2 Å². The van der Waals surface area contributed by atoms with Gasteiger partial charge in [0.2, 0.25) is 0 Å². The number of hydrogen-bond donors (Lipinski definition) is 0. The Labute approximate surface area is 294 Å². The van der Waals surface area contributed by atoms with Crippen LogP contribution in [0, 0.1) is 13.8 Å². The van der Waals surface area contributed by atoms with Crippen LogP contribution in [0.1, 0.15) is 34.2 Å². The predicted molar refractivity (Wildman–Crippen MR) is 190 cm³/mol. The summed E-state index contributed by atoms with van der Waals surface area (Å²) >= 11 is 1.46. The molecule has 0 amide bonds. The fourth-order valence-corrected chi connectivity index (χ4v) is 13.8. The summed E-state index contributed by atoms with van der Waals surface area (Å²) in [4.78, 5) is 0. The van der Waals surface area contributed by atoms with E-state index in [1.807, 2.05) is 0 Å². The van der Waals surface area contributed by atoms with Crippen LogP contribution < -0.4 is 35.2 Å². The molecular formula is C39H43Cl2Si2Zr-. The third-order valence-corrected chi connectivity index (χ3v) is 14.1. The molecule has 0 N–H and O–H groups in total. The zero-order valence-electron chi connectivity index (χ0n) is 27.3. The van der Waals surface area contributed by atoms with Crippen LogP contribution in [0.5, 0.6) is 0 Å². The van der Waals surface area contributed by atoms with Gasteiger partial charge in [0.05, 0.1) is 16.1 Å². The van der Waals surface area contributed by atoms with Gasteiger partial charge in [-0.1, -0.05) is 102 Å². The average Bonchev–Trinajstić information content (AvgIpc) is 3.60. The average molecular weight is 730 g/mol. The zero-order valence-corrected chi connectivity index (χ0v) is 33.2. The Hall–Kier alpha value is -2.00. The summed E-state index contributed by atoms with van der Waals surface area (Å²) in [5, 5.41) is 9.40. The summed E-state index contributed by atoms with van der Waals surface area (Å²) < 4.78 is 1.42. The quantitative estimate of drug-likeness (QED) is 0.192. The van der Waals surface area contributed by atoms with E-state index in [0.717, 1.165) is 6.42 Å². The van der Waals surface area contributed by atoms with Gasteiger partial charge >= 0.3 is 99.2 Å². The van der Waals surface area contributed by atoms with E-state index in [1.54, 1.807) is 21.3 Å². The summed E-state index contributed by atoms with van der Waals surface area (Å²) in [5.41, 5.74) is 8.59. The van der Waals surface area contributed by atoms with E-state index in [9.17, 15) is 0 Å². The summed E-state index contributed by atoms with van der Waals surface area (Å²) in [6, 6.07) is 30.6. The number of rotatable bonds is 5. The summed E-state index contributed by atoms with van der Waals surface area (Å²) in [5.74, 6) is 0. The van der Waals surface area contributed by atoms with Crippen LogP contribution in [-0.4, -0.2) is 19.4 Å². The molecule has 6 rings (SSSR count). The van der Waals surface area contributed by atoms with Crippen LogP contribution in [0.15, 0.2) is 103 Å². The van der Waals surface area contributed by atoms with Crippen LogP contribution in [0.4, 0.5) is 0 Å². The van der Waals surface area contributed by atoms with Gasteiger partial charge in [-0.25, -0.2) is 0 Å². The Morgan fingerprint density at radius 2 is 1.27 bits per heavy atom. The first-order valence-electron chi connectivity index (χ1n) is 15.1. The molecule has 0 aliphatic heterocycles. The van der Waals surface area contributed by atoms with E-state index < -0.39 is 16.1 Å². The van der Waals surface area contributed by atoms with E-state index in [1.165, 1.54) is 71.4 Å². The first kappa shape index (κ1) is 36.5. The maximum atomic E-state index is 2.54. The molecular weight excluding hydrogens is 687 g/mol. The molecule has 0 fully saturated rings. The van der Waals surface area contributed by atoms with Crippen LogP contribution in [0.25, 0.3) is 27.1 Å². The molecule has 0 nitrogen and oxygen atoms in total. The molecule has 0 saturated carbocycles. The Balaban J connectivity index is 0.000000280. The number of halogens is 2. The van der Waals surface area contributed by atoms with Crippen LogP contribution >= 0.6 is 0 Å². The van der Waals surface area contributed by atoms with Gasteiger partial charge in [-0.2, -0.15) is 0 Å². The molecule has 1 aliphatic carbocycles. The van der Waals surface area contributed by atoms with Crippen molar-refractivity contribution >= 4 is 56.8 Å². The predicted octanol–water partition coefficient (Wildman–Crippen LogP) is 3.57. The molecule has 5 aromatic carbocycles. The molecule has 5 heteroatoms. The van der Waals surface area contributed by atoms with Crippen molar-refractivity contribution in [2.24, 2.45) is 0 Å². The van der Waals surface area contributed by atoms with Gasteiger partial charge in [0.1, 0.15) is 0 Å². The minimum absolute atomic E-state index is 0. The topological polar surface area (TPSA) is 0 Å². The SMILES string of the molecule is Cc1ccc2c(c1)[cH-]c1c(C3=CC=CC3)c(C)c([Si](C)(C)C)c([Si](C)(C)C)c12.[Cl-].[Cl-].[Zr+2]=[C](c1ccccc1)c1ccccc1. The fourth-order valence-electron chi connectivity index (χ4n) is 6.62. The van der Waals surface area contributed by atoms with Crippen molar-refractivity contribution in [3.05, 3.63) is 131 Å². The van der Waals surface area contributed by atoms with Gasteiger partial charge in [0.15, 0.2) is 0 Å². The Bertz CT molecular complexity index is 1790. The second-order valence-corrected chi connectivity index (χ2v) is 24.9. The zero-order chi connectivity index (χ0) is 30.2. The molecule has 226 valence electrons. The molecule has 44 heavy (non-hydrogen) atoms. The molecule has 0 unspecified atom stereocenters. The van der Waals surface area contributed by atoms with E-state index in [2.05, 4.69) is 156 Å². The molecule has 0 aromatic heterocycles. The molecule has 0 radical (unpaired) electrons. The normalized spacial score (nSPS) is 12.7. The summed E-state index contributed by atoms with van der Waals surface area (Å²) in [7, 11) is -3.06. The second-order valence-electron chi connectivity index (χ2n) is 13.7. The molecule has 0 atom stereocenters. The number of allylic oxidation sites excluding steroid dienone is 4. The van der Waals surface area contributed by atoms with E-state index >= 15 is 0 Å². The van der Waals surface area contributed by atoms with Crippen molar-refractivity contribution in [3.63, 3.8) is 0 Å². The first-order chi connectivity index (χ1) is 19.9. The summed E-state index contributed by atoms with van der Waals surface area (Å²) in [6.45, 7) is 19.8. The van der Waals surface area contributed by atoms with Gasteiger partial charge < -0.3 is 24.8 Å². The van der Waals surface area contributed by atoms with Gasteiger partial charge in [0, 0.05) is 0 Å². The van der Waals surface area contributed by atoms with Crippen molar-refractivity contribution in [1.82, 2.24) is 0 Å². The molecule has 5 aromatic rings. The van der Waals surface area contributed by atoms with E-state index in [0.29, 0.717) is 0 Å². The Kier molecular flexibility index (Phi) is 12.1. The standard InChI is InChI=1S/C26H33Si2.C13H10.2ClH.Zr/c1-17-13-14-21-20(15-17)16-22-23(19-11-9-10-12-19)18(2)25(27(3,4)5)26(24(21)22)28(6,7)8;1-3-7-12(8-4-1)11-13-9-5-2-6-10-13;;;/h9-11,13-16H,12H2,1-8H3;1-10H;2*1H;/q-1;;;;+2/p-2. The van der Waals surface area contributed by atoms with Crippen molar-refractivity contribution in [2.45, 2.75) is 59.6 Å². The Morgan fingerprint density at radius 1 is 0.727 bits per heavy atom. The van der Waals surface area contributed by atoms with Crippen LogP contribution in [0.3, 0.4) is 0 Å². The molecule has 0 heterocycles. The third-order valence-electron chi connectivity index (χ3n) is 8.28. The van der Waals surface area contributed by atoms with Crippen molar-refractivity contribution in [2.75, 3.05) is 0 Å². The number of benzene rings is 4. The third kappa shape index (κ3) is 7.51. The summed E-state index contributed by atoms with van der Waals surface area (Å²) in [6.07, 6.45) is 7.93. The molecule has 0 spiro atoms. The van der Waals surface area contributed by atoms with Crippen molar-refractivity contribution < 1.29 is 49.0 Å². The van der Waals surface area contributed by atoms with Crippen molar-refractivity contribution in [1.29, 1.82) is 0 Å². The minimum atomic E-state index is -1.54. The first-order valence-corrected chi connectivity index (χ1v) is 23.3. The van der Waals surface area contributed by atoms with Crippen molar-refractivity contribution in [3.8, 4) is 0 Å². The second kappa shape index (κ2) is 14.6. The maximum absolute atomic E-state index is 2.54. The number of aryl methyl sites for hydroxylation is 1. The number of hydrogen-bond acceptors (Lipinski definition) is 0. The Morgan fingerprint density at radius 3 is 1.75 bits per heavy atom.